The van der Waals surface area contributed by atoms with Crippen LogP contribution >= 0.6 is 0 Å². The van der Waals surface area contributed by atoms with Gasteiger partial charge in [-0.15, -0.1) is 0 Å². The third-order valence-electron chi connectivity index (χ3n) is 7.29. The largest absolute Gasteiger partial charge is 0.497 e. The van der Waals surface area contributed by atoms with E-state index in [2.05, 4.69) is 15.5 Å². The maximum Gasteiger partial charge on any atom is 0.308 e. The highest BCUT2D eigenvalue weighted by Crippen LogP contribution is 2.60. The average molecular weight is 440 g/mol. The summed E-state index contributed by atoms with van der Waals surface area (Å²) >= 11 is 0. The summed E-state index contributed by atoms with van der Waals surface area (Å²) in [5.74, 6) is 3.18. The summed E-state index contributed by atoms with van der Waals surface area (Å²) in [5, 5.41) is 6.93. The number of rotatable bonds is 8. The van der Waals surface area contributed by atoms with Crippen molar-refractivity contribution in [3.8, 4) is 17.1 Å². The molecule has 6 rings (SSSR count). The van der Waals surface area contributed by atoms with Crippen LogP contribution in [0.4, 0.5) is 0 Å². The fourth-order valence-electron chi connectivity index (χ4n) is 6.26. The number of ether oxygens (including phenoxy) is 2. The van der Waals surface area contributed by atoms with E-state index in [0.717, 1.165) is 24.8 Å². The van der Waals surface area contributed by atoms with Crippen LogP contribution in [-0.2, 0) is 20.9 Å². The highest BCUT2D eigenvalue weighted by Gasteiger charge is 2.54. The number of esters is 1. The van der Waals surface area contributed by atoms with Gasteiger partial charge < -0.3 is 19.3 Å². The van der Waals surface area contributed by atoms with Crippen molar-refractivity contribution in [2.24, 2.45) is 23.2 Å². The molecule has 4 saturated carbocycles. The molecule has 1 aromatic carbocycles. The van der Waals surface area contributed by atoms with Gasteiger partial charge in [0.15, 0.2) is 6.61 Å². The first-order valence-corrected chi connectivity index (χ1v) is 11.4. The third-order valence-corrected chi connectivity index (χ3v) is 7.29. The molecule has 0 unspecified atom stereocenters. The normalized spacial score (nSPS) is 27.8. The zero-order valence-electron chi connectivity index (χ0n) is 18.3. The first-order valence-electron chi connectivity index (χ1n) is 11.4. The molecular formula is C24H29N3O5. The molecule has 1 N–H and O–H groups in total. The highest BCUT2D eigenvalue weighted by atomic mass is 16.6. The minimum Gasteiger partial charge on any atom is -0.497 e. The minimum absolute atomic E-state index is 0.0985. The lowest BCUT2D eigenvalue weighted by molar-refractivity contribution is -0.147. The van der Waals surface area contributed by atoms with Crippen molar-refractivity contribution in [2.45, 2.75) is 51.6 Å². The van der Waals surface area contributed by atoms with Gasteiger partial charge in [0.1, 0.15) is 5.75 Å². The maximum absolute atomic E-state index is 12.9. The highest BCUT2D eigenvalue weighted by molar-refractivity contribution is 5.83. The van der Waals surface area contributed by atoms with Gasteiger partial charge in [-0.05, 0) is 68.4 Å². The Kier molecular flexibility index (Phi) is 5.61. The molecule has 8 heteroatoms. The molecule has 0 atom stereocenters. The Balaban J connectivity index is 1.07. The topological polar surface area (TPSA) is 104 Å². The summed E-state index contributed by atoms with van der Waals surface area (Å²) in [6.45, 7) is 0.192. The van der Waals surface area contributed by atoms with Gasteiger partial charge in [-0.3, -0.25) is 9.59 Å². The number of hydrogen-bond acceptors (Lipinski definition) is 7. The predicted octanol–water partition coefficient (Wildman–Crippen LogP) is 3.51. The Morgan fingerprint density at radius 2 is 1.88 bits per heavy atom. The Morgan fingerprint density at radius 1 is 1.16 bits per heavy atom. The zero-order chi connectivity index (χ0) is 22.1. The van der Waals surface area contributed by atoms with E-state index in [1.165, 1.54) is 19.3 Å². The van der Waals surface area contributed by atoms with E-state index in [1.54, 1.807) is 13.2 Å². The van der Waals surface area contributed by atoms with Crippen LogP contribution in [0.5, 0.6) is 5.75 Å². The molecular weight excluding hydrogens is 410 g/mol. The Bertz CT molecular complexity index is 966. The van der Waals surface area contributed by atoms with Crippen molar-refractivity contribution >= 4 is 11.9 Å². The lowest BCUT2D eigenvalue weighted by atomic mass is 9.49. The van der Waals surface area contributed by atoms with Crippen LogP contribution in [0, 0.1) is 23.2 Å². The number of nitrogens with one attached hydrogen (secondary N) is 1. The molecule has 32 heavy (non-hydrogen) atoms. The monoisotopic (exact) mass is 439 g/mol. The molecule has 8 nitrogen and oxygen atoms in total. The summed E-state index contributed by atoms with van der Waals surface area (Å²) in [6.07, 6.45) is 7.07. The van der Waals surface area contributed by atoms with Crippen LogP contribution in [0.3, 0.4) is 0 Å². The van der Waals surface area contributed by atoms with E-state index in [4.69, 9.17) is 14.0 Å². The molecule has 1 heterocycles. The zero-order valence-corrected chi connectivity index (χ0v) is 18.3. The van der Waals surface area contributed by atoms with E-state index in [9.17, 15) is 9.59 Å². The fourth-order valence-corrected chi connectivity index (χ4v) is 6.26. The molecule has 1 amide bonds. The van der Waals surface area contributed by atoms with Crippen LogP contribution in [0.25, 0.3) is 11.4 Å². The molecule has 4 bridgehead atoms. The van der Waals surface area contributed by atoms with Crippen molar-refractivity contribution in [2.75, 3.05) is 13.7 Å². The number of carbonyl (C=O) groups excluding carboxylic acids is 2. The van der Waals surface area contributed by atoms with Crippen LogP contribution in [0.1, 0.15) is 50.8 Å². The van der Waals surface area contributed by atoms with E-state index >= 15 is 0 Å². The number of carbonyl (C=O) groups is 2. The van der Waals surface area contributed by atoms with E-state index in [0.29, 0.717) is 29.3 Å². The van der Waals surface area contributed by atoms with E-state index < -0.39 is 5.97 Å². The molecule has 4 aliphatic rings. The van der Waals surface area contributed by atoms with Gasteiger partial charge in [-0.2, -0.15) is 4.98 Å². The van der Waals surface area contributed by atoms with E-state index in [-0.39, 0.29) is 36.8 Å². The van der Waals surface area contributed by atoms with Crippen LogP contribution in [0.2, 0.25) is 0 Å². The SMILES string of the molecule is COc1cccc(-c2noc(COC(=O)CCNC(=O)C34CC5CC(CC(C5)C3)C4)n2)c1. The molecule has 4 fully saturated rings. The van der Waals surface area contributed by atoms with Gasteiger partial charge in [0, 0.05) is 17.5 Å². The van der Waals surface area contributed by atoms with E-state index in [1.807, 2.05) is 18.2 Å². The smallest absolute Gasteiger partial charge is 0.308 e. The summed E-state index contributed by atoms with van der Waals surface area (Å²) in [7, 11) is 1.59. The molecule has 170 valence electrons. The number of amides is 1. The van der Waals surface area contributed by atoms with Gasteiger partial charge in [0.05, 0.1) is 13.5 Å². The number of nitrogens with zero attached hydrogens (tertiary/aromatic N) is 2. The molecule has 1 aromatic heterocycles. The summed E-state index contributed by atoms with van der Waals surface area (Å²) in [5.41, 5.74) is 0.553. The lowest BCUT2D eigenvalue weighted by Crippen LogP contribution is -2.53. The molecule has 0 spiro atoms. The van der Waals surface area contributed by atoms with Crippen LogP contribution in [0.15, 0.2) is 28.8 Å². The average Bonchev–Trinajstić information content (AvgIpc) is 3.26. The Morgan fingerprint density at radius 3 is 2.56 bits per heavy atom. The molecule has 2 aromatic rings. The lowest BCUT2D eigenvalue weighted by Gasteiger charge is -2.55. The molecule has 0 radical (unpaired) electrons. The maximum atomic E-state index is 12.9. The summed E-state index contributed by atoms with van der Waals surface area (Å²) < 4.78 is 15.6. The third kappa shape index (κ3) is 4.23. The van der Waals surface area contributed by atoms with Gasteiger partial charge in [-0.1, -0.05) is 17.3 Å². The van der Waals surface area contributed by atoms with Crippen molar-refractivity contribution in [1.29, 1.82) is 0 Å². The first-order chi connectivity index (χ1) is 15.5. The number of benzene rings is 1. The number of aromatic nitrogens is 2. The number of methoxy groups -OCH3 is 1. The van der Waals surface area contributed by atoms with Crippen molar-refractivity contribution < 1.29 is 23.6 Å². The predicted molar refractivity (Wildman–Crippen MR) is 114 cm³/mol. The Hall–Kier alpha value is -2.90. The second-order valence-electron chi connectivity index (χ2n) is 9.61. The minimum atomic E-state index is -0.406. The van der Waals surface area contributed by atoms with Gasteiger partial charge >= 0.3 is 5.97 Å². The first kappa shape index (κ1) is 21.0. The second kappa shape index (κ2) is 8.56. The van der Waals surface area contributed by atoms with Crippen molar-refractivity contribution in [3.05, 3.63) is 30.2 Å². The summed E-state index contributed by atoms with van der Waals surface area (Å²) in [4.78, 5) is 29.3. The van der Waals surface area contributed by atoms with Crippen molar-refractivity contribution in [3.63, 3.8) is 0 Å². The molecule has 0 aliphatic heterocycles. The standard InChI is InChI=1S/C24H29N3O5/c1-30-19-4-2-3-18(10-19)22-26-20(32-27-22)14-31-21(28)5-6-25-23(29)24-11-15-7-16(12-24)9-17(8-15)13-24/h2-4,10,15-17H,5-9,11-14H2,1H3,(H,25,29). The molecule has 0 saturated heterocycles. The van der Waals surface area contributed by atoms with Gasteiger partial charge in [0.25, 0.3) is 5.89 Å². The number of hydrogen-bond donors (Lipinski definition) is 1. The summed E-state index contributed by atoms with van der Waals surface area (Å²) in [6, 6.07) is 7.30. The fraction of sp³-hybridized carbons (Fsp3) is 0.583. The quantitative estimate of drug-likeness (QED) is 0.628. The second-order valence-corrected chi connectivity index (χ2v) is 9.61. The van der Waals surface area contributed by atoms with Crippen LogP contribution in [-0.4, -0.2) is 35.7 Å². The van der Waals surface area contributed by atoms with Gasteiger partial charge in [0.2, 0.25) is 11.7 Å². The Labute approximate surface area is 187 Å². The van der Waals surface area contributed by atoms with Gasteiger partial charge in [-0.25, -0.2) is 0 Å². The molecule has 4 aliphatic carbocycles. The van der Waals surface area contributed by atoms with Crippen molar-refractivity contribution in [1.82, 2.24) is 15.5 Å². The van der Waals surface area contributed by atoms with Crippen LogP contribution < -0.4 is 10.1 Å².